The average molecular weight is 437 g/mol. The van der Waals surface area contributed by atoms with Gasteiger partial charge in [-0.2, -0.15) is 0 Å². The first-order chi connectivity index (χ1) is 15.4. The van der Waals surface area contributed by atoms with Gasteiger partial charge in [0.2, 0.25) is 5.91 Å². The summed E-state index contributed by atoms with van der Waals surface area (Å²) in [4.78, 5) is 29.2. The molecule has 1 aliphatic heterocycles. The zero-order valence-electron chi connectivity index (χ0n) is 19.7. The number of benzene rings is 2. The molecule has 2 N–H and O–H groups in total. The first kappa shape index (κ1) is 23.6. The molecule has 0 spiro atoms. The summed E-state index contributed by atoms with van der Waals surface area (Å²) in [6.07, 6.45) is 1.81. The summed E-state index contributed by atoms with van der Waals surface area (Å²) in [6, 6.07) is 15.5. The highest BCUT2D eigenvalue weighted by Crippen LogP contribution is 2.22. The molecule has 172 valence electrons. The smallest absolute Gasteiger partial charge is 0.323 e. The Labute approximate surface area is 192 Å². The van der Waals surface area contributed by atoms with Crippen molar-refractivity contribution >= 4 is 29.0 Å². The molecule has 1 aliphatic rings. The van der Waals surface area contributed by atoms with Crippen LogP contribution in [0.15, 0.2) is 48.5 Å². The molecule has 32 heavy (non-hydrogen) atoms. The minimum atomic E-state index is -0.261. The Morgan fingerprint density at radius 2 is 1.31 bits per heavy atom. The lowest BCUT2D eigenvalue weighted by Gasteiger charge is -2.37. The fourth-order valence-corrected chi connectivity index (χ4v) is 4.08. The van der Waals surface area contributed by atoms with E-state index in [0.717, 1.165) is 56.1 Å². The zero-order valence-corrected chi connectivity index (χ0v) is 19.7. The van der Waals surface area contributed by atoms with Crippen molar-refractivity contribution in [2.45, 2.75) is 46.5 Å². The molecule has 0 saturated carbocycles. The number of piperazine rings is 1. The third-order valence-electron chi connectivity index (χ3n) is 6.25. The molecular weight excluding hydrogens is 400 g/mol. The van der Waals surface area contributed by atoms with Crippen LogP contribution in [0, 0.1) is 5.92 Å². The summed E-state index contributed by atoms with van der Waals surface area (Å²) in [5.74, 6) is 0.898. The van der Waals surface area contributed by atoms with E-state index in [-0.39, 0.29) is 11.9 Å². The number of carbonyl (C=O) groups is 2. The molecule has 3 rings (SSSR count). The Morgan fingerprint density at radius 1 is 0.812 bits per heavy atom. The van der Waals surface area contributed by atoms with E-state index in [4.69, 9.17) is 0 Å². The molecule has 2 aromatic rings. The minimum Gasteiger partial charge on any atom is -0.368 e. The molecule has 0 radical (unpaired) electrons. The lowest BCUT2D eigenvalue weighted by molar-refractivity contribution is -0.136. The Balaban J connectivity index is 1.50. The Bertz CT molecular complexity index is 881. The Kier molecular flexibility index (Phi) is 8.14. The van der Waals surface area contributed by atoms with Crippen LogP contribution in [0.4, 0.5) is 21.9 Å². The number of hydrogen-bond donors (Lipinski definition) is 2. The molecule has 0 bridgehead atoms. The third-order valence-corrected chi connectivity index (χ3v) is 6.25. The van der Waals surface area contributed by atoms with Gasteiger partial charge in [0.25, 0.3) is 0 Å². The van der Waals surface area contributed by atoms with Crippen LogP contribution in [0.1, 0.15) is 52.0 Å². The van der Waals surface area contributed by atoms with E-state index < -0.39 is 0 Å². The number of nitrogens with one attached hydrogen (secondary N) is 2. The molecule has 1 heterocycles. The van der Waals surface area contributed by atoms with Crippen LogP contribution in [0.3, 0.4) is 0 Å². The SMILES string of the molecule is CCC(CC)C(=O)N1CCN(c2ccc(NC(=O)Nc3ccc(C(C)C)cc3)cc2)CC1. The van der Waals surface area contributed by atoms with Crippen LogP contribution >= 0.6 is 0 Å². The fraction of sp³-hybridized carbons (Fsp3) is 0.462. The molecule has 1 fully saturated rings. The summed E-state index contributed by atoms with van der Waals surface area (Å²) in [5, 5.41) is 5.75. The van der Waals surface area contributed by atoms with E-state index in [1.54, 1.807) is 0 Å². The number of carbonyl (C=O) groups excluding carboxylic acids is 2. The van der Waals surface area contributed by atoms with Gasteiger partial charge in [-0.05, 0) is 60.7 Å². The summed E-state index contributed by atoms with van der Waals surface area (Å²) in [6.45, 7) is 11.6. The highest BCUT2D eigenvalue weighted by molar-refractivity contribution is 5.99. The first-order valence-corrected chi connectivity index (χ1v) is 11.7. The van der Waals surface area contributed by atoms with Crippen molar-refractivity contribution in [3.63, 3.8) is 0 Å². The van der Waals surface area contributed by atoms with E-state index in [1.807, 2.05) is 53.4 Å². The maximum atomic E-state index is 12.6. The van der Waals surface area contributed by atoms with Crippen LogP contribution < -0.4 is 15.5 Å². The van der Waals surface area contributed by atoms with E-state index in [0.29, 0.717) is 11.8 Å². The Morgan fingerprint density at radius 3 is 1.78 bits per heavy atom. The van der Waals surface area contributed by atoms with Gasteiger partial charge >= 0.3 is 6.03 Å². The number of rotatable bonds is 7. The van der Waals surface area contributed by atoms with Crippen LogP contribution in [0.25, 0.3) is 0 Å². The summed E-state index contributed by atoms with van der Waals surface area (Å²) < 4.78 is 0. The maximum absolute atomic E-state index is 12.6. The summed E-state index contributed by atoms with van der Waals surface area (Å²) in [7, 11) is 0. The van der Waals surface area contributed by atoms with Gasteiger partial charge in [-0.3, -0.25) is 4.79 Å². The molecule has 3 amide bonds. The van der Waals surface area contributed by atoms with Crippen molar-refractivity contribution in [1.82, 2.24) is 4.90 Å². The average Bonchev–Trinajstić information content (AvgIpc) is 2.80. The van der Waals surface area contributed by atoms with E-state index in [2.05, 4.69) is 43.2 Å². The van der Waals surface area contributed by atoms with Crippen LogP contribution in [0.2, 0.25) is 0 Å². The molecule has 1 saturated heterocycles. The van der Waals surface area contributed by atoms with Gasteiger partial charge in [0, 0.05) is 49.2 Å². The zero-order chi connectivity index (χ0) is 23.1. The van der Waals surface area contributed by atoms with Gasteiger partial charge in [-0.25, -0.2) is 4.79 Å². The highest BCUT2D eigenvalue weighted by atomic mass is 16.2. The number of urea groups is 1. The second-order valence-corrected chi connectivity index (χ2v) is 8.73. The van der Waals surface area contributed by atoms with Crippen molar-refractivity contribution < 1.29 is 9.59 Å². The number of hydrogen-bond acceptors (Lipinski definition) is 3. The minimum absolute atomic E-state index is 0.145. The lowest BCUT2D eigenvalue weighted by Crippen LogP contribution is -2.50. The van der Waals surface area contributed by atoms with Gasteiger partial charge in [0.15, 0.2) is 0 Å². The molecule has 6 nitrogen and oxygen atoms in total. The molecule has 0 unspecified atom stereocenters. The van der Waals surface area contributed by atoms with Gasteiger partial charge in [-0.15, -0.1) is 0 Å². The van der Waals surface area contributed by atoms with Crippen molar-refractivity contribution in [2.24, 2.45) is 5.92 Å². The monoisotopic (exact) mass is 436 g/mol. The maximum Gasteiger partial charge on any atom is 0.323 e. The summed E-state index contributed by atoms with van der Waals surface area (Å²) in [5.41, 5.74) is 3.86. The predicted octanol–water partition coefficient (Wildman–Crippen LogP) is 5.54. The lowest BCUT2D eigenvalue weighted by atomic mass is 10.0. The standard InChI is InChI=1S/C26H36N4O2/c1-5-20(6-2)25(31)30-17-15-29(16-18-30)24-13-11-23(12-14-24)28-26(32)27-22-9-7-21(8-10-22)19(3)4/h7-14,19-20H,5-6,15-18H2,1-4H3,(H2,27,28,32). The molecule has 0 aliphatic carbocycles. The largest absolute Gasteiger partial charge is 0.368 e. The highest BCUT2D eigenvalue weighted by Gasteiger charge is 2.25. The quantitative estimate of drug-likeness (QED) is 0.599. The van der Waals surface area contributed by atoms with Gasteiger partial charge < -0.3 is 20.4 Å². The van der Waals surface area contributed by atoms with E-state index >= 15 is 0 Å². The second-order valence-electron chi connectivity index (χ2n) is 8.73. The van der Waals surface area contributed by atoms with Crippen molar-refractivity contribution in [3.05, 3.63) is 54.1 Å². The molecule has 2 aromatic carbocycles. The van der Waals surface area contributed by atoms with Crippen LogP contribution in [-0.4, -0.2) is 43.0 Å². The number of amides is 3. The van der Waals surface area contributed by atoms with Crippen molar-refractivity contribution in [2.75, 3.05) is 41.7 Å². The number of nitrogens with zero attached hydrogens (tertiary/aromatic N) is 2. The normalized spacial score (nSPS) is 14.1. The first-order valence-electron chi connectivity index (χ1n) is 11.7. The van der Waals surface area contributed by atoms with Crippen molar-refractivity contribution in [1.29, 1.82) is 0 Å². The molecular formula is C26H36N4O2. The van der Waals surface area contributed by atoms with Crippen LogP contribution in [0.5, 0.6) is 0 Å². The van der Waals surface area contributed by atoms with Gasteiger partial charge in [0.05, 0.1) is 0 Å². The predicted molar refractivity (Wildman–Crippen MR) is 132 cm³/mol. The molecule has 6 heteroatoms. The van der Waals surface area contributed by atoms with Gasteiger partial charge in [0.1, 0.15) is 0 Å². The van der Waals surface area contributed by atoms with Gasteiger partial charge in [-0.1, -0.05) is 39.8 Å². The Hall–Kier alpha value is -3.02. The van der Waals surface area contributed by atoms with E-state index in [1.165, 1.54) is 5.56 Å². The number of anilines is 3. The van der Waals surface area contributed by atoms with Crippen molar-refractivity contribution in [3.8, 4) is 0 Å². The third kappa shape index (κ3) is 6.02. The summed E-state index contributed by atoms with van der Waals surface area (Å²) >= 11 is 0. The molecule has 0 atom stereocenters. The fourth-order valence-electron chi connectivity index (χ4n) is 4.08. The second kappa shape index (κ2) is 11.0. The topological polar surface area (TPSA) is 64.7 Å². The van der Waals surface area contributed by atoms with Crippen LogP contribution in [-0.2, 0) is 4.79 Å². The van der Waals surface area contributed by atoms with E-state index in [9.17, 15) is 9.59 Å². The molecule has 0 aromatic heterocycles.